The van der Waals surface area contributed by atoms with Crippen LogP contribution in [0.4, 0.5) is 21.9 Å². The van der Waals surface area contributed by atoms with Crippen LogP contribution in [0, 0.1) is 0 Å². The van der Waals surface area contributed by atoms with Gasteiger partial charge in [0.2, 0.25) is 0 Å². The fourth-order valence-corrected chi connectivity index (χ4v) is 13.6. The van der Waals surface area contributed by atoms with E-state index in [2.05, 4.69) is 165 Å². The molecule has 2 aromatic heterocycles. The van der Waals surface area contributed by atoms with Crippen LogP contribution in [-0.2, 0) is 20.4 Å². The Labute approximate surface area is 415 Å². The Balaban J connectivity index is 1.07. The molecular weight excluding hydrogens is 887 g/mol. The third kappa shape index (κ3) is 8.39. The molecule has 0 bridgehead atoms. The van der Waals surface area contributed by atoms with Crippen LogP contribution in [0.25, 0.3) is 48.5 Å². The van der Waals surface area contributed by atoms with Gasteiger partial charge in [-0.05, 0) is 142 Å². The molecule has 2 aliphatic carbocycles. The molecule has 2 N–H and O–H groups in total. The van der Waals surface area contributed by atoms with Crippen molar-refractivity contribution >= 4 is 63.7 Å². The van der Waals surface area contributed by atoms with E-state index >= 15 is 0 Å². The second-order valence-electron chi connectivity index (χ2n) is 19.2. The van der Waals surface area contributed by atoms with Crippen LogP contribution in [0.5, 0.6) is 0 Å². The summed E-state index contributed by atoms with van der Waals surface area (Å²) < 4.78 is 0. The number of anilines is 3. The topological polar surface area (TPSA) is 78.5 Å². The van der Waals surface area contributed by atoms with Crippen LogP contribution >= 0.6 is 22.7 Å². The summed E-state index contributed by atoms with van der Waals surface area (Å²) in [5.74, 6) is -1.39. The van der Waals surface area contributed by atoms with Gasteiger partial charge in [-0.25, -0.2) is 4.79 Å². The summed E-state index contributed by atoms with van der Waals surface area (Å²) in [5, 5.41) is 4.31. The Morgan fingerprint density at radius 2 is 0.899 bits per heavy atom. The van der Waals surface area contributed by atoms with Crippen LogP contribution in [0.15, 0.2) is 139 Å². The number of hydrogen-bond acceptors (Lipinski definition) is 6. The molecule has 0 radical (unpaired) electrons. The van der Waals surface area contributed by atoms with Crippen molar-refractivity contribution in [3.8, 4) is 42.4 Å². The average molecular weight is 948 g/mol. The number of urea groups is 1. The van der Waals surface area contributed by atoms with Crippen LogP contribution in [-0.4, -0.2) is 17.8 Å². The van der Waals surface area contributed by atoms with Crippen molar-refractivity contribution in [2.75, 3.05) is 4.90 Å². The van der Waals surface area contributed by atoms with Gasteiger partial charge in [-0.2, -0.15) is 0 Å². The number of carbonyl (C=O) groups excluding carboxylic acids is 3. The van der Waals surface area contributed by atoms with E-state index in [-0.39, 0.29) is 16.4 Å². The van der Waals surface area contributed by atoms with E-state index in [1.807, 2.05) is 12.1 Å². The molecule has 350 valence electrons. The molecule has 1 fully saturated rings. The lowest BCUT2D eigenvalue weighted by Gasteiger charge is -2.35. The molecule has 0 spiro atoms. The number of nitrogens with one attached hydrogen (secondary N) is 2. The van der Waals surface area contributed by atoms with Gasteiger partial charge >= 0.3 is 6.03 Å². The molecule has 0 saturated carbocycles. The average Bonchev–Trinajstić information content (AvgIpc) is 4.16. The van der Waals surface area contributed by atoms with Crippen molar-refractivity contribution in [1.29, 1.82) is 0 Å². The molecule has 3 aliphatic rings. The van der Waals surface area contributed by atoms with Gasteiger partial charge in [0.05, 0.1) is 0 Å². The second-order valence-corrected chi connectivity index (χ2v) is 21.4. The molecule has 0 unspecified atom stereocenters. The zero-order chi connectivity index (χ0) is 47.7. The Hall–Kier alpha value is -6.35. The van der Waals surface area contributed by atoms with Crippen molar-refractivity contribution in [2.45, 2.75) is 116 Å². The highest BCUT2D eigenvalue weighted by Gasteiger charge is 2.44. The van der Waals surface area contributed by atoms with Gasteiger partial charge in [-0.15, -0.1) is 22.7 Å². The number of amides is 4. The summed E-state index contributed by atoms with van der Waals surface area (Å²) in [7, 11) is 0. The number of benzene rings is 5. The standard InChI is InChI=1S/C61H61N3O3S2/c1-5-9-33-60(34-10-6-2)50-19-15-13-17-45(50)47-28-25-42(37-52(47)60)64(43-26-29-48-46-18-14-16-20-51(46)61(35-11-7-3,36-12-8-4)53(48)38-43)41-23-21-40(22-24-41)54-31-32-56(69-54)55-30-27-44(68-55)39-49-57(65)62-59(67)63-58(49)66/h13-32,37-39H,5-12,33-36H2,1-4H3,(H2,62,63,65,66,67). The first-order valence-corrected chi connectivity index (χ1v) is 26.8. The van der Waals surface area contributed by atoms with E-state index in [9.17, 15) is 14.4 Å². The molecule has 10 rings (SSSR count). The first-order valence-electron chi connectivity index (χ1n) is 25.2. The van der Waals surface area contributed by atoms with E-state index in [1.165, 1.54) is 125 Å². The monoisotopic (exact) mass is 947 g/mol. The van der Waals surface area contributed by atoms with E-state index < -0.39 is 17.8 Å². The van der Waals surface area contributed by atoms with Crippen LogP contribution in [0.2, 0.25) is 0 Å². The summed E-state index contributed by atoms with van der Waals surface area (Å²) in [6.07, 6.45) is 15.5. The van der Waals surface area contributed by atoms with Crippen LogP contribution < -0.4 is 15.5 Å². The first kappa shape index (κ1) is 46.4. The van der Waals surface area contributed by atoms with Gasteiger partial charge in [0.15, 0.2) is 0 Å². The second kappa shape index (κ2) is 19.6. The number of rotatable bonds is 18. The van der Waals surface area contributed by atoms with Crippen LogP contribution in [0.1, 0.15) is 132 Å². The van der Waals surface area contributed by atoms with Crippen LogP contribution in [0.3, 0.4) is 0 Å². The van der Waals surface area contributed by atoms with Gasteiger partial charge in [0.25, 0.3) is 11.8 Å². The quantitative estimate of drug-likeness (QED) is 0.0664. The van der Waals surface area contributed by atoms with Gasteiger partial charge in [-0.3, -0.25) is 20.2 Å². The van der Waals surface area contributed by atoms with Gasteiger partial charge in [-0.1, -0.05) is 152 Å². The maximum atomic E-state index is 12.4. The molecule has 1 saturated heterocycles. The zero-order valence-corrected chi connectivity index (χ0v) is 41.9. The van der Waals surface area contributed by atoms with E-state index in [0.717, 1.165) is 56.4 Å². The highest BCUT2D eigenvalue weighted by molar-refractivity contribution is 7.24. The molecular formula is C61H61N3O3S2. The van der Waals surface area contributed by atoms with Crippen molar-refractivity contribution in [3.63, 3.8) is 0 Å². The fourth-order valence-electron chi connectivity index (χ4n) is 11.6. The minimum Gasteiger partial charge on any atom is -0.310 e. The summed E-state index contributed by atoms with van der Waals surface area (Å²) in [5.41, 5.74) is 16.0. The molecule has 1 aliphatic heterocycles. The highest BCUT2D eigenvalue weighted by Crippen LogP contribution is 2.58. The summed E-state index contributed by atoms with van der Waals surface area (Å²) in [4.78, 5) is 42.9. The predicted octanol–water partition coefficient (Wildman–Crippen LogP) is 16.7. The lowest BCUT2D eigenvalue weighted by atomic mass is 9.70. The Kier molecular flexibility index (Phi) is 13.2. The third-order valence-corrected chi connectivity index (χ3v) is 17.3. The van der Waals surface area contributed by atoms with Gasteiger partial charge in [0.1, 0.15) is 5.57 Å². The highest BCUT2D eigenvalue weighted by atomic mass is 32.1. The summed E-state index contributed by atoms with van der Waals surface area (Å²) in [6, 6.07) is 49.6. The number of thiophene rings is 2. The van der Waals surface area contributed by atoms with E-state index in [0.29, 0.717) is 0 Å². The molecule has 5 aromatic carbocycles. The number of nitrogens with zero attached hydrogens (tertiary/aromatic N) is 1. The number of hydrogen-bond donors (Lipinski definition) is 2. The molecule has 7 aromatic rings. The Morgan fingerprint density at radius 3 is 1.41 bits per heavy atom. The normalized spacial score (nSPS) is 15.0. The summed E-state index contributed by atoms with van der Waals surface area (Å²) >= 11 is 3.22. The molecule has 6 nitrogen and oxygen atoms in total. The lowest BCUT2D eigenvalue weighted by Crippen LogP contribution is -2.51. The largest absolute Gasteiger partial charge is 0.328 e. The van der Waals surface area contributed by atoms with Crippen molar-refractivity contribution in [2.24, 2.45) is 0 Å². The van der Waals surface area contributed by atoms with E-state index in [1.54, 1.807) is 11.3 Å². The van der Waals surface area contributed by atoms with E-state index in [4.69, 9.17) is 0 Å². The lowest BCUT2D eigenvalue weighted by molar-refractivity contribution is -0.123. The van der Waals surface area contributed by atoms with Gasteiger partial charge in [0, 0.05) is 47.4 Å². The Bertz CT molecular complexity index is 2940. The number of carbonyl (C=O) groups is 3. The Morgan fingerprint density at radius 1 is 0.464 bits per heavy atom. The molecule has 3 heterocycles. The third-order valence-electron chi connectivity index (χ3n) is 15.0. The molecule has 8 heteroatoms. The zero-order valence-electron chi connectivity index (χ0n) is 40.3. The first-order chi connectivity index (χ1) is 33.7. The summed E-state index contributed by atoms with van der Waals surface area (Å²) in [6.45, 7) is 9.30. The molecule has 69 heavy (non-hydrogen) atoms. The fraction of sp³-hybridized carbons (Fsp3) is 0.295. The minimum atomic E-state index is -0.802. The van der Waals surface area contributed by atoms with Crippen molar-refractivity contribution in [1.82, 2.24) is 10.6 Å². The number of imide groups is 2. The van der Waals surface area contributed by atoms with Crippen molar-refractivity contribution < 1.29 is 14.4 Å². The predicted molar refractivity (Wildman–Crippen MR) is 288 cm³/mol. The van der Waals surface area contributed by atoms with Gasteiger partial charge < -0.3 is 4.90 Å². The molecule has 4 amide bonds. The molecule has 0 atom stereocenters. The smallest absolute Gasteiger partial charge is 0.310 e. The minimum absolute atomic E-state index is 0.0326. The number of barbiturate groups is 1. The van der Waals surface area contributed by atoms with Crippen molar-refractivity contribution in [3.05, 3.63) is 166 Å². The number of unbranched alkanes of at least 4 members (excludes halogenated alkanes) is 4. The maximum absolute atomic E-state index is 12.4. The number of fused-ring (bicyclic) bond motifs is 6. The maximum Gasteiger partial charge on any atom is 0.328 e. The SMILES string of the molecule is CCCCC1(CCCC)c2ccccc2-c2ccc(N(c3ccc(-c4ccc(-c5ccc(C=C6C(=O)NC(=O)NC6=O)s5)s4)cc3)c3ccc4c(c3)C(CCCC)(CCCC)c3ccccc3-4)cc21.